The molecule has 3 aromatic rings. The number of nitrogens with one attached hydrogen (secondary N) is 1. The molecule has 0 aliphatic carbocycles. The van der Waals surface area contributed by atoms with E-state index in [-0.39, 0.29) is 30.9 Å². The van der Waals surface area contributed by atoms with Crippen molar-refractivity contribution < 1.29 is 14.3 Å². The van der Waals surface area contributed by atoms with Crippen LogP contribution in [0.15, 0.2) is 48.5 Å². The van der Waals surface area contributed by atoms with E-state index in [1.807, 2.05) is 30.3 Å². The number of hydrogen-bond acceptors (Lipinski definition) is 8. The van der Waals surface area contributed by atoms with Gasteiger partial charge in [-0.05, 0) is 42.3 Å². The van der Waals surface area contributed by atoms with Crippen LogP contribution in [0, 0.1) is 5.92 Å². The molecule has 0 saturated heterocycles. The summed E-state index contributed by atoms with van der Waals surface area (Å²) in [6.45, 7) is 0.127. The van der Waals surface area contributed by atoms with Gasteiger partial charge >= 0.3 is 5.97 Å². The predicted octanol–water partition coefficient (Wildman–Crippen LogP) is 3.15. The summed E-state index contributed by atoms with van der Waals surface area (Å²) in [4.78, 5) is 24.8. The minimum Gasteiger partial charge on any atom is -0.492 e. The van der Waals surface area contributed by atoms with Gasteiger partial charge in [-0.25, -0.2) is 0 Å². The highest BCUT2D eigenvalue weighted by Crippen LogP contribution is 2.30. The molecule has 2 aromatic carbocycles. The van der Waals surface area contributed by atoms with Crippen molar-refractivity contribution in [2.75, 3.05) is 17.7 Å². The maximum Gasteiger partial charge on any atom is 0.313 e. The average molecular weight is 412 g/mol. The van der Waals surface area contributed by atoms with E-state index in [0.29, 0.717) is 11.4 Å². The highest BCUT2D eigenvalue weighted by Gasteiger charge is 2.27. The fourth-order valence-corrected chi connectivity index (χ4v) is 3.17. The third-order valence-corrected chi connectivity index (χ3v) is 4.57. The molecule has 0 amide bonds. The van der Waals surface area contributed by atoms with Gasteiger partial charge in [0, 0.05) is 10.7 Å². The Morgan fingerprint density at radius 2 is 2.03 bits per heavy atom. The van der Waals surface area contributed by atoms with Crippen LogP contribution in [0.5, 0.6) is 5.75 Å². The Labute approximate surface area is 172 Å². The van der Waals surface area contributed by atoms with Gasteiger partial charge in [-0.15, -0.1) is 0 Å². The number of nitrogen functional groups attached to an aromatic ring is 1. The van der Waals surface area contributed by atoms with Crippen molar-refractivity contribution in [1.82, 2.24) is 15.0 Å². The molecule has 0 unspecified atom stereocenters. The quantitative estimate of drug-likeness (QED) is 0.616. The monoisotopic (exact) mass is 411 g/mol. The lowest BCUT2D eigenvalue weighted by molar-refractivity contribution is -0.151. The number of rotatable bonds is 5. The molecule has 0 radical (unpaired) electrons. The number of halogens is 1. The number of fused-ring (bicyclic) bond motifs is 1. The number of anilines is 3. The van der Waals surface area contributed by atoms with Crippen molar-refractivity contribution in [3.63, 3.8) is 0 Å². The number of hydrogen-bond donors (Lipinski definition) is 2. The Kier molecular flexibility index (Phi) is 5.44. The van der Waals surface area contributed by atoms with Gasteiger partial charge < -0.3 is 20.5 Å². The highest BCUT2D eigenvalue weighted by atomic mass is 35.5. The number of esters is 1. The molecule has 1 atom stereocenters. The second-order valence-electron chi connectivity index (χ2n) is 6.50. The van der Waals surface area contributed by atoms with Crippen molar-refractivity contribution >= 4 is 35.2 Å². The van der Waals surface area contributed by atoms with E-state index >= 15 is 0 Å². The first kappa shape index (κ1) is 18.9. The molecule has 1 aromatic heterocycles. The van der Waals surface area contributed by atoms with E-state index < -0.39 is 11.9 Å². The number of nitrogens with two attached hydrogens (primary N) is 1. The normalized spacial score (nSPS) is 15.1. The summed E-state index contributed by atoms with van der Waals surface area (Å²) in [5.41, 5.74) is 7.44. The number of carbonyl (C=O) groups is 1. The first-order valence-corrected chi connectivity index (χ1v) is 9.35. The minimum absolute atomic E-state index is 0.0362. The van der Waals surface area contributed by atoms with Gasteiger partial charge in [0.2, 0.25) is 11.9 Å². The van der Waals surface area contributed by atoms with E-state index in [0.717, 1.165) is 17.0 Å². The summed E-state index contributed by atoms with van der Waals surface area (Å²) in [6.07, 6.45) is 0.495. The summed E-state index contributed by atoms with van der Waals surface area (Å²) >= 11 is 6.02. The van der Waals surface area contributed by atoms with Crippen LogP contribution in [0.3, 0.4) is 0 Å². The van der Waals surface area contributed by atoms with Crippen LogP contribution in [0.25, 0.3) is 0 Å². The molecule has 29 heavy (non-hydrogen) atoms. The van der Waals surface area contributed by atoms with Crippen LogP contribution in [0.1, 0.15) is 11.4 Å². The second kappa shape index (κ2) is 8.32. The maximum absolute atomic E-state index is 12.5. The van der Waals surface area contributed by atoms with Gasteiger partial charge in [0.05, 0.1) is 5.92 Å². The van der Waals surface area contributed by atoms with Crippen molar-refractivity contribution in [2.45, 2.75) is 13.0 Å². The largest absolute Gasteiger partial charge is 0.492 e. The Morgan fingerprint density at radius 3 is 2.86 bits per heavy atom. The van der Waals surface area contributed by atoms with Gasteiger partial charge in [-0.3, -0.25) is 4.79 Å². The second-order valence-corrected chi connectivity index (χ2v) is 6.93. The van der Waals surface area contributed by atoms with Crippen molar-refractivity contribution in [2.24, 2.45) is 5.92 Å². The molecule has 1 aliphatic rings. The third-order valence-electron chi connectivity index (χ3n) is 4.33. The van der Waals surface area contributed by atoms with Crippen LogP contribution in [-0.2, 0) is 22.6 Å². The van der Waals surface area contributed by atoms with Crippen LogP contribution in [0.2, 0.25) is 5.02 Å². The first-order chi connectivity index (χ1) is 14.1. The number of ether oxygens (including phenoxy) is 2. The lowest BCUT2D eigenvalue weighted by atomic mass is 9.97. The number of nitrogens with zero attached hydrogens (tertiary/aromatic N) is 3. The molecule has 4 rings (SSSR count). The summed E-state index contributed by atoms with van der Waals surface area (Å²) in [5, 5.41) is 3.63. The molecular weight excluding hydrogens is 394 g/mol. The lowest BCUT2D eigenvalue weighted by Crippen LogP contribution is -2.29. The molecule has 148 valence electrons. The van der Waals surface area contributed by atoms with Crippen molar-refractivity contribution in [3.05, 3.63) is 64.9 Å². The molecule has 8 nitrogen and oxygen atoms in total. The van der Waals surface area contributed by atoms with Crippen LogP contribution >= 0.6 is 11.6 Å². The third kappa shape index (κ3) is 4.72. The molecule has 0 spiro atoms. The summed E-state index contributed by atoms with van der Waals surface area (Å²) < 4.78 is 11.0. The summed E-state index contributed by atoms with van der Waals surface area (Å²) in [6, 6.07) is 14.8. The fourth-order valence-electron chi connectivity index (χ4n) is 2.98. The first-order valence-electron chi connectivity index (χ1n) is 8.97. The smallest absolute Gasteiger partial charge is 0.313 e. The van der Waals surface area contributed by atoms with Gasteiger partial charge in [-0.1, -0.05) is 29.8 Å². The van der Waals surface area contributed by atoms with Crippen molar-refractivity contribution in [1.29, 1.82) is 0 Å². The zero-order valence-electron chi connectivity index (χ0n) is 15.3. The zero-order chi connectivity index (χ0) is 20.2. The van der Waals surface area contributed by atoms with Crippen LogP contribution < -0.4 is 15.8 Å². The predicted molar refractivity (Wildman–Crippen MR) is 108 cm³/mol. The molecule has 0 saturated carbocycles. The highest BCUT2D eigenvalue weighted by molar-refractivity contribution is 6.30. The Morgan fingerprint density at radius 1 is 1.21 bits per heavy atom. The number of para-hydroxylation sites is 1. The van der Waals surface area contributed by atoms with Gasteiger partial charge in [0.25, 0.3) is 0 Å². The molecule has 0 fully saturated rings. The standard InChI is InChI=1S/C20H18ClN5O3/c21-14-6-7-16-12(9-14)8-13(10-28-16)18(27)29-11-17-24-19(22)26-20(25-17)23-15-4-2-1-3-5-15/h1-7,9,13H,8,10-11H2,(H3,22,23,24,25,26)/t13-/m0/s1. The van der Waals surface area contributed by atoms with Crippen LogP contribution in [0.4, 0.5) is 17.6 Å². The Bertz CT molecular complexity index is 1030. The van der Waals surface area contributed by atoms with E-state index in [2.05, 4.69) is 20.3 Å². The maximum atomic E-state index is 12.5. The molecule has 3 N–H and O–H groups in total. The van der Waals surface area contributed by atoms with Crippen molar-refractivity contribution in [3.8, 4) is 5.75 Å². The van der Waals surface area contributed by atoms with Gasteiger partial charge in [-0.2, -0.15) is 15.0 Å². The molecule has 0 bridgehead atoms. The molecular formula is C20H18ClN5O3. The number of aromatic nitrogens is 3. The molecule has 9 heteroatoms. The summed E-state index contributed by atoms with van der Waals surface area (Å²) in [5.74, 6) is 0.479. The zero-order valence-corrected chi connectivity index (χ0v) is 16.1. The fraction of sp³-hybridized carbons (Fsp3) is 0.200. The average Bonchev–Trinajstić information content (AvgIpc) is 2.72. The van der Waals surface area contributed by atoms with Gasteiger partial charge in [0.15, 0.2) is 12.4 Å². The lowest BCUT2D eigenvalue weighted by Gasteiger charge is -2.24. The van der Waals surface area contributed by atoms with Crippen LogP contribution in [-0.4, -0.2) is 27.5 Å². The topological polar surface area (TPSA) is 112 Å². The van der Waals surface area contributed by atoms with E-state index in [4.69, 9.17) is 26.8 Å². The number of carbonyl (C=O) groups excluding carboxylic acids is 1. The Balaban J connectivity index is 1.39. The summed E-state index contributed by atoms with van der Waals surface area (Å²) in [7, 11) is 0. The van der Waals surface area contributed by atoms with Gasteiger partial charge in [0.1, 0.15) is 12.4 Å². The minimum atomic E-state index is -0.429. The SMILES string of the molecule is Nc1nc(COC(=O)[C@@H]2COc3ccc(Cl)cc3C2)nc(Nc2ccccc2)n1. The number of benzene rings is 2. The van der Waals surface area contributed by atoms with E-state index in [9.17, 15) is 4.79 Å². The molecule has 2 heterocycles. The van der Waals surface area contributed by atoms with E-state index in [1.54, 1.807) is 18.2 Å². The van der Waals surface area contributed by atoms with E-state index in [1.165, 1.54) is 0 Å². The Hall–Kier alpha value is -3.39. The molecule has 1 aliphatic heterocycles.